The molecule has 2 aromatic heterocycles. The van der Waals surface area contributed by atoms with Crippen LogP contribution in [0.15, 0.2) is 60.0 Å². The van der Waals surface area contributed by atoms with E-state index in [4.69, 9.17) is 11.6 Å². The van der Waals surface area contributed by atoms with Crippen LogP contribution >= 0.6 is 22.9 Å². The average Bonchev–Trinajstić information content (AvgIpc) is 3.29. The van der Waals surface area contributed by atoms with E-state index in [2.05, 4.69) is 10.1 Å². The number of aromatic nitrogens is 3. The number of phenolic OH excluding ortho intramolecular Hbond substituents is 1. The van der Waals surface area contributed by atoms with Crippen molar-refractivity contribution >= 4 is 22.9 Å². The highest BCUT2D eigenvalue weighted by molar-refractivity contribution is 7.12. The average molecular weight is 422 g/mol. The fourth-order valence-electron chi connectivity index (χ4n) is 2.67. The third kappa shape index (κ3) is 3.48. The highest BCUT2D eigenvalue weighted by Crippen LogP contribution is 2.37. The van der Waals surface area contributed by atoms with Crippen LogP contribution in [0.25, 0.3) is 27.6 Å². The van der Waals surface area contributed by atoms with Gasteiger partial charge in [-0.2, -0.15) is 18.3 Å². The highest BCUT2D eigenvalue weighted by atomic mass is 35.5. The molecule has 1 N–H and O–H groups in total. The van der Waals surface area contributed by atoms with Crippen LogP contribution in [0.5, 0.6) is 5.75 Å². The molecule has 0 spiro atoms. The van der Waals surface area contributed by atoms with E-state index in [-0.39, 0.29) is 22.1 Å². The zero-order valence-electron chi connectivity index (χ0n) is 14.0. The summed E-state index contributed by atoms with van der Waals surface area (Å²) in [6.45, 7) is 0. The highest BCUT2D eigenvalue weighted by Gasteiger charge is 2.37. The van der Waals surface area contributed by atoms with Gasteiger partial charge in [-0.25, -0.2) is 9.67 Å². The Morgan fingerprint density at radius 3 is 2.39 bits per heavy atom. The van der Waals surface area contributed by atoms with Gasteiger partial charge in [0, 0.05) is 21.5 Å². The Kier molecular flexibility index (Phi) is 4.60. The predicted molar refractivity (Wildman–Crippen MR) is 102 cm³/mol. The van der Waals surface area contributed by atoms with Gasteiger partial charge < -0.3 is 5.11 Å². The summed E-state index contributed by atoms with van der Waals surface area (Å²) >= 11 is 6.91. The van der Waals surface area contributed by atoms with Crippen molar-refractivity contribution in [1.29, 1.82) is 0 Å². The number of hydrogen-bond donors (Lipinski definition) is 1. The van der Waals surface area contributed by atoms with Crippen LogP contribution in [0.2, 0.25) is 5.02 Å². The normalized spacial score (nSPS) is 11.7. The molecule has 142 valence electrons. The minimum Gasteiger partial charge on any atom is -0.507 e. The summed E-state index contributed by atoms with van der Waals surface area (Å²) in [4.78, 5) is 4.30. The number of nitrogens with zero attached hydrogens (tertiary/aromatic N) is 3. The van der Waals surface area contributed by atoms with Crippen LogP contribution in [0.1, 0.15) is 5.69 Å². The minimum absolute atomic E-state index is 0.00803. The molecule has 0 saturated carbocycles. The van der Waals surface area contributed by atoms with Gasteiger partial charge in [0.1, 0.15) is 5.75 Å². The predicted octanol–water partition coefficient (Wildman–Crippen LogP) is 6.04. The van der Waals surface area contributed by atoms with Crippen LogP contribution in [0, 0.1) is 0 Å². The number of benzene rings is 2. The van der Waals surface area contributed by atoms with Crippen LogP contribution in [-0.4, -0.2) is 19.9 Å². The van der Waals surface area contributed by atoms with E-state index in [1.165, 1.54) is 12.1 Å². The zero-order valence-corrected chi connectivity index (χ0v) is 15.6. The van der Waals surface area contributed by atoms with Crippen LogP contribution in [0.4, 0.5) is 13.2 Å². The molecular formula is C19H11ClF3N3OS. The summed E-state index contributed by atoms with van der Waals surface area (Å²) in [5, 5.41) is 16.3. The smallest absolute Gasteiger partial charge is 0.433 e. The van der Waals surface area contributed by atoms with E-state index >= 15 is 0 Å². The Bertz CT molecular complexity index is 1140. The van der Waals surface area contributed by atoms with Gasteiger partial charge in [0.15, 0.2) is 5.69 Å². The molecule has 0 bridgehead atoms. The first-order valence-electron chi connectivity index (χ1n) is 8.00. The minimum atomic E-state index is -4.64. The summed E-state index contributed by atoms with van der Waals surface area (Å²) in [6, 6.07) is 13.8. The first-order chi connectivity index (χ1) is 13.3. The van der Waals surface area contributed by atoms with Gasteiger partial charge in [0.05, 0.1) is 11.4 Å². The van der Waals surface area contributed by atoms with E-state index in [0.29, 0.717) is 10.7 Å². The Labute approximate surface area is 166 Å². The van der Waals surface area contributed by atoms with Crippen LogP contribution in [0.3, 0.4) is 0 Å². The van der Waals surface area contributed by atoms with E-state index in [1.807, 2.05) is 0 Å². The van der Waals surface area contributed by atoms with E-state index in [9.17, 15) is 18.3 Å². The van der Waals surface area contributed by atoms with Crippen molar-refractivity contribution in [3.63, 3.8) is 0 Å². The lowest BCUT2D eigenvalue weighted by Gasteiger charge is -2.07. The lowest BCUT2D eigenvalue weighted by atomic mass is 10.1. The fourth-order valence-corrected chi connectivity index (χ4v) is 3.59. The maximum atomic E-state index is 13.6. The second-order valence-electron chi connectivity index (χ2n) is 5.86. The van der Waals surface area contributed by atoms with E-state index in [0.717, 1.165) is 27.6 Å². The molecule has 2 aromatic carbocycles. The summed E-state index contributed by atoms with van der Waals surface area (Å²) in [7, 11) is 0. The molecule has 0 saturated heterocycles. The standard InChI is InChI=1S/C19H11ClF3N3OS/c20-12-7-5-11(6-8-12)15-10-28-18(24-15)26-17(19(21,22)23)9-14(25-26)13-3-1-2-4-16(13)27/h1-10,27H. The summed E-state index contributed by atoms with van der Waals surface area (Å²) < 4.78 is 41.5. The summed E-state index contributed by atoms with van der Waals surface area (Å²) in [6.07, 6.45) is -4.64. The van der Waals surface area contributed by atoms with Crippen molar-refractivity contribution in [1.82, 2.24) is 14.8 Å². The molecule has 4 nitrogen and oxygen atoms in total. The first kappa shape index (κ1) is 18.5. The van der Waals surface area contributed by atoms with Crippen molar-refractivity contribution in [2.75, 3.05) is 0 Å². The molecule has 0 unspecified atom stereocenters. The second-order valence-corrected chi connectivity index (χ2v) is 7.14. The molecular weight excluding hydrogens is 411 g/mol. The molecule has 0 aliphatic rings. The number of rotatable bonds is 3. The largest absolute Gasteiger partial charge is 0.507 e. The first-order valence-corrected chi connectivity index (χ1v) is 9.26. The van der Waals surface area contributed by atoms with Crippen molar-refractivity contribution < 1.29 is 18.3 Å². The lowest BCUT2D eigenvalue weighted by Crippen LogP contribution is -2.13. The number of thiazole rings is 1. The Morgan fingerprint density at radius 2 is 1.71 bits per heavy atom. The number of hydrogen-bond acceptors (Lipinski definition) is 4. The van der Waals surface area contributed by atoms with Gasteiger partial charge in [0.25, 0.3) is 0 Å². The van der Waals surface area contributed by atoms with Gasteiger partial charge in [-0.15, -0.1) is 11.3 Å². The Balaban J connectivity index is 1.81. The molecule has 2 heterocycles. The third-order valence-electron chi connectivity index (χ3n) is 3.99. The van der Waals surface area contributed by atoms with Gasteiger partial charge in [0.2, 0.25) is 5.13 Å². The van der Waals surface area contributed by atoms with Gasteiger partial charge in [-0.3, -0.25) is 0 Å². The number of phenols is 1. The van der Waals surface area contributed by atoms with Gasteiger partial charge in [-0.05, 0) is 30.3 Å². The maximum Gasteiger partial charge on any atom is 0.433 e. The summed E-state index contributed by atoms with van der Waals surface area (Å²) in [5.74, 6) is -0.151. The monoisotopic (exact) mass is 421 g/mol. The number of halogens is 4. The van der Waals surface area contributed by atoms with E-state index in [1.54, 1.807) is 41.8 Å². The van der Waals surface area contributed by atoms with Gasteiger partial charge >= 0.3 is 6.18 Å². The van der Waals surface area contributed by atoms with Crippen molar-refractivity contribution in [3.05, 3.63) is 70.7 Å². The molecule has 0 aliphatic heterocycles. The number of aromatic hydroxyl groups is 1. The zero-order chi connectivity index (χ0) is 19.9. The molecule has 28 heavy (non-hydrogen) atoms. The third-order valence-corrected chi connectivity index (χ3v) is 5.06. The van der Waals surface area contributed by atoms with Crippen molar-refractivity contribution in [3.8, 4) is 33.4 Å². The molecule has 0 radical (unpaired) electrons. The van der Waals surface area contributed by atoms with Crippen molar-refractivity contribution in [2.45, 2.75) is 6.18 Å². The fraction of sp³-hybridized carbons (Fsp3) is 0.0526. The quantitative estimate of drug-likeness (QED) is 0.438. The molecule has 4 rings (SSSR count). The lowest BCUT2D eigenvalue weighted by molar-refractivity contribution is -0.142. The Morgan fingerprint density at radius 1 is 1.00 bits per heavy atom. The van der Waals surface area contributed by atoms with E-state index < -0.39 is 11.9 Å². The Hall–Kier alpha value is -2.84. The second kappa shape index (κ2) is 6.96. The molecule has 9 heteroatoms. The SMILES string of the molecule is Oc1ccccc1-c1cc(C(F)(F)F)n(-c2nc(-c3ccc(Cl)cc3)cs2)n1. The molecule has 0 aliphatic carbocycles. The summed E-state index contributed by atoms with van der Waals surface area (Å²) in [5.41, 5.74) is 0.496. The number of alkyl halides is 3. The maximum absolute atomic E-state index is 13.6. The van der Waals surface area contributed by atoms with Gasteiger partial charge in [-0.1, -0.05) is 35.9 Å². The van der Waals surface area contributed by atoms with Crippen LogP contribution in [-0.2, 0) is 6.18 Å². The molecule has 0 atom stereocenters. The molecule has 0 fully saturated rings. The number of para-hydroxylation sites is 1. The topological polar surface area (TPSA) is 50.9 Å². The molecule has 0 amide bonds. The molecule has 4 aromatic rings. The van der Waals surface area contributed by atoms with Crippen molar-refractivity contribution in [2.24, 2.45) is 0 Å². The van der Waals surface area contributed by atoms with Crippen LogP contribution < -0.4 is 0 Å².